The average Bonchev–Trinajstić information content (AvgIpc) is 2.52. The van der Waals surface area contributed by atoms with Crippen molar-refractivity contribution < 1.29 is 0 Å². The van der Waals surface area contributed by atoms with E-state index in [0.29, 0.717) is 6.04 Å². The summed E-state index contributed by atoms with van der Waals surface area (Å²) >= 11 is 0. The van der Waals surface area contributed by atoms with Crippen LogP contribution < -0.4 is 15.5 Å². The van der Waals surface area contributed by atoms with Gasteiger partial charge in [-0.15, -0.1) is 24.0 Å². The molecule has 2 heterocycles. The minimum absolute atomic E-state index is 0. The number of guanidine groups is 1. The fourth-order valence-corrected chi connectivity index (χ4v) is 2.40. The molecule has 0 bridgehead atoms. The van der Waals surface area contributed by atoms with Gasteiger partial charge in [-0.05, 0) is 32.5 Å². The molecule has 0 unspecified atom stereocenters. The summed E-state index contributed by atoms with van der Waals surface area (Å²) in [5.74, 6) is 1.89. The zero-order valence-corrected chi connectivity index (χ0v) is 16.9. The van der Waals surface area contributed by atoms with E-state index in [1.54, 1.807) is 7.05 Å². The molecule has 0 amide bonds. The molecule has 1 saturated heterocycles. The molecule has 7 heteroatoms. The Morgan fingerprint density at radius 3 is 2.48 bits per heavy atom. The van der Waals surface area contributed by atoms with Crippen LogP contribution >= 0.6 is 24.0 Å². The average molecular weight is 432 g/mol. The number of hydrogen-bond acceptors (Lipinski definition) is 4. The summed E-state index contributed by atoms with van der Waals surface area (Å²) in [5, 5.41) is 6.57. The van der Waals surface area contributed by atoms with Crippen LogP contribution in [0.4, 0.5) is 5.82 Å². The van der Waals surface area contributed by atoms with E-state index < -0.39 is 0 Å². The largest absolute Gasteiger partial charge is 0.354 e. The normalized spacial score (nSPS) is 16.2. The van der Waals surface area contributed by atoms with Gasteiger partial charge in [0.2, 0.25) is 0 Å². The van der Waals surface area contributed by atoms with Crippen molar-refractivity contribution in [1.82, 2.24) is 20.5 Å². The number of aliphatic imine (C=N–C) groups is 1. The second-order valence-corrected chi connectivity index (χ2v) is 6.04. The molecular formula is C16H29IN6. The Kier molecular flexibility index (Phi) is 8.60. The summed E-state index contributed by atoms with van der Waals surface area (Å²) < 4.78 is 0. The molecule has 0 spiro atoms. The molecule has 1 fully saturated rings. The molecule has 1 aliphatic heterocycles. The lowest BCUT2D eigenvalue weighted by Crippen LogP contribution is -2.44. The number of nitrogens with zero attached hydrogens (tertiary/aromatic N) is 4. The van der Waals surface area contributed by atoms with Crippen molar-refractivity contribution in [2.45, 2.75) is 26.4 Å². The maximum atomic E-state index is 4.60. The lowest BCUT2D eigenvalue weighted by atomic mass is 10.2. The van der Waals surface area contributed by atoms with Crippen LogP contribution in [0.15, 0.2) is 23.3 Å². The van der Waals surface area contributed by atoms with Crippen molar-refractivity contribution in [3.8, 4) is 0 Å². The second kappa shape index (κ2) is 9.92. The standard InChI is InChI=1S/C16H28N6.HI/c1-13(2)20-16(17-3)19-12-14-5-6-15(18-11-14)22-9-7-21(4)8-10-22;/h5-6,11,13H,7-10,12H2,1-4H3,(H2,17,19,20);1H. The third-order valence-electron chi connectivity index (χ3n) is 3.75. The minimum atomic E-state index is 0. The first-order chi connectivity index (χ1) is 10.6. The molecule has 23 heavy (non-hydrogen) atoms. The molecular weight excluding hydrogens is 403 g/mol. The van der Waals surface area contributed by atoms with E-state index in [4.69, 9.17) is 0 Å². The van der Waals surface area contributed by atoms with Gasteiger partial charge in [0.25, 0.3) is 0 Å². The van der Waals surface area contributed by atoms with Crippen LogP contribution in [0.2, 0.25) is 0 Å². The molecule has 0 radical (unpaired) electrons. The van der Waals surface area contributed by atoms with Crippen LogP contribution in [0.3, 0.4) is 0 Å². The smallest absolute Gasteiger partial charge is 0.191 e. The lowest BCUT2D eigenvalue weighted by Gasteiger charge is -2.33. The van der Waals surface area contributed by atoms with Crippen molar-refractivity contribution in [3.63, 3.8) is 0 Å². The van der Waals surface area contributed by atoms with Crippen molar-refractivity contribution in [3.05, 3.63) is 23.9 Å². The van der Waals surface area contributed by atoms with Crippen LogP contribution in [0.25, 0.3) is 0 Å². The first kappa shape index (κ1) is 20.0. The number of nitrogens with one attached hydrogen (secondary N) is 2. The molecule has 0 atom stereocenters. The maximum absolute atomic E-state index is 4.60. The Labute approximate surface area is 156 Å². The van der Waals surface area contributed by atoms with E-state index in [0.717, 1.165) is 50.1 Å². The number of rotatable bonds is 4. The third kappa shape index (κ3) is 6.50. The molecule has 1 aromatic rings. The van der Waals surface area contributed by atoms with Crippen LogP contribution in [0.1, 0.15) is 19.4 Å². The molecule has 2 rings (SSSR count). The Balaban J connectivity index is 0.00000264. The zero-order valence-electron chi connectivity index (χ0n) is 14.5. The summed E-state index contributed by atoms with van der Waals surface area (Å²) in [7, 11) is 3.95. The van der Waals surface area contributed by atoms with Gasteiger partial charge in [-0.1, -0.05) is 6.07 Å². The first-order valence-corrected chi connectivity index (χ1v) is 7.94. The molecule has 0 aliphatic carbocycles. The highest BCUT2D eigenvalue weighted by Gasteiger charge is 2.14. The van der Waals surface area contributed by atoms with Gasteiger partial charge in [0.15, 0.2) is 5.96 Å². The van der Waals surface area contributed by atoms with Gasteiger partial charge in [-0.2, -0.15) is 0 Å². The summed E-state index contributed by atoms with van der Waals surface area (Å²) in [4.78, 5) is 13.5. The topological polar surface area (TPSA) is 55.8 Å². The van der Waals surface area contributed by atoms with Crippen LogP contribution in [0, 0.1) is 0 Å². The van der Waals surface area contributed by atoms with E-state index in [1.165, 1.54) is 0 Å². The van der Waals surface area contributed by atoms with Crippen molar-refractivity contribution in [2.75, 3.05) is 45.2 Å². The van der Waals surface area contributed by atoms with E-state index in [9.17, 15) is 0 Å². The third-order valence-corrected chi connectivity index (χ3v) is 3.75. The Morgan fingerprint density at radius 2 is 1.96 bits per heavy atom. The van der Waals surface area contributed by atoms with Gasteiger partial charge >= 0.3 is 0 Å². The molecule has 130 valence electrons. The number of halogens is 1. The van der Waals surface area contributed by atoms with Gasteiger partial charge in [-0.25, -0.2) is 4.98 Å². The second-order valence-electron chi connectivity index (χ2n) is 6.04. The van der Waals surface area contributed by atoms with Crippen molar-refractivity contribution in [2.24, 2.45) is 4.99 Å². The van der Waals surface area contributed by atoms with E-state index >= 15 is 0 Å². The van der Waals surface area contributed by atoms with Gasteiger partial charge in [-0.3, -0.25) is 4.99 Å². The SMILES string of the molecule is CN=C(NCc1ccc(N2CCN(C)CC2)nc1)NC(C)C.I. The molecule has 1 aliphatic rings. The summed E-state index contributed by atoms with van der Waals surface area (Å²) in [6.07, 6.45) is 1.95. The Bertz CT molecular complexity index is 480. The monoisotopic (exact) mass is 432 g/mol. The predicted molar refractivity (Wildman–Crippen MR) is 108 cm³/mol. The van der Waals surface area contributed by atoms with Crippen LogP contribution in [-0.4, -0.2) is 62.2 Å². The minimum Gasteiger partial charge on any atom is -0.354 e. The number of aromatic nitrogens is 1. The Hall–Kier alpha value is -1.09. The Morgan fingerprint density at radius 1 is 1.26 bits per heavy atom. The quantitative estimate of drug-likeness (QED) is 0.430. The zero-order chi connectivity index (χ0) is 15.9. The molecule has 6 nitrogen and oxygen atoms in total. The number of pyridine rings is 1. The van der Waals surface area contributed by atoms with Gasteiger partial charge in [0, 0.05) is 52.0 Å². The fraction of sp³-hybridized carbons (Fsp3) is 0.625. The highest BCUT2D eigenvalue weighted by Crippen LogP contribution is 2.13. The number of hydrogen-bond donors (Lipinski definition) is 2. The van der Waals surface area contributed by atoms with Gasteiger partial charge in [0.05, 0.1) is 0 Å². The highest BCUT2D eigenvalue weighted by atomic mass is 127. The fourth-order valence-electron chi connectivity index (χ4n) is 2.40. The molecule has 1 aromatic heterocycles. The van der Waals surface area contributed by atoms with Crippen molar-refractivity contribution in [1.29, 1.82) is 0 Å². The number of anilines is 1. The van der Waals surface area contributed by atoms with Gasteiger partial charge < -0.3 is 20.4 Å². The first-order valence-electron chi connectivity index (χ1n) is 7.94. The van der Waals surface area contributed by atoms with E-state index in [2.05, 4.69) is 63.4 Å². The van der Waals surface area contributed by atoms with E-state index in [1.807, 2.05) is 6.20 Å². The summed E-state index contributed by atoms with van der Waals surface area (Å²) in [5.41, 5.74) is 1.16. The van der Waals surface area contributed by atoms with E-state index in [-0.39, 0.29) is 24.0 Å². The molecule has 0 saturated carbocycles. The van der Waals surface area contributed by atoms with Crippen molar-refractivity contribution >= 4 is 35.8 Å². The number of likely N-dealkylation sites (N-methyl/N-ethyl adjacent to an activating group) is 1. The lowest BCUT2D eigenvalue weighted by molar-refractivity contribution is 0.312. The van der Waals surface area contributed by atoms with Crippen LogP contribution in [0.5, 0.6) is 0 Å². The van der Waals surface area contributed by atoms with Gasteiger partial charge in [0.1, 0.15) is 5.82 Å². The highest BCUT2D eigenvalue weighted by molar-refractivity contribution is 14.0. The molecule has 0 aromatic carbocycles. The predicted octanol–water partition coefficient (Wildman–Crippen LogP) is 1.52. The number of piperazine rings is 1. The summed E-state index contributed by atoms with van der Waals surface area (Å²) in [6, 6.07) is 4.61. The molecule has 2 N–H and O–H groups in total. The maximum Gasteiger partial charge on any atom is 0.191 e. The summed E-state index contributed by atoms with van der Waals surface area (Å²) in [6.45, 7) is 9.21. The van der Waals surface area contributed by atoms with Crippen LogP contribution in [-0.2, 0) is 6.54 Å².